The van der Waals surface area contributed by atoms with Crippen molar-refractivity contribution in [2.75, 3.05) is 5.32 Å². The monoisotopic (exact) mass is 328 g/mol. The fourth-order valence-electron chi connectivity index (χ4n) is 2.44. The number of carbonyl (C=O) groups is 2. The van der Waals surface area contributed by atoms with Crippen LogP contribution in [0.25, 0.3) is 0 Å². The van der Waals surface area contributed by atoms with Gasteiger partial charge >= 0.3 is 0 Å². The summed E-state index contributed by atoms with van der Waals surface area (Å²) in [6.07, 6.45) is 0. The van der Waals surface area contributed by atoms with Crippen molar-refractivity contribution in [3.8, 4) is 0 Å². The maximum absolute atomic E-state index is 13.1. The summed E-state index contributed by atoms with van der Waals surface area (Å²) in [5.74, 6) is -0.532. The lowest BCUT2D eigenvalue weighted by Gasteiger charge is -2.23. The highest BCUT2D eigenvalue weighted by Crippen LogP contribution is 2.22. The zero-order valence-electron chi connectivity index (χ0n) is 14.0. The van der Waals surface area contributed by atoms with Crippen molar-refractivity contribution in [3.05, 3.63) is 65.5 Å². The van der Waals surface area contributed by atoms with Crippen LogP contribution in [0.4, 0.5) is 10.1 Å². The molecule has 4 nitrogen and oxygen atoms in total. The lowest BCUT2D eigenvalue weighted by atomic mass is 9.95. The van der Waals surface area contributed by atoms with Crippen molar-refractivity contribution in [3.63, 3.8) is 0 Å². The van der Waals surface area contributed by atoms with Gasteiger partial charge in [-0.05, 0) is 47.9 Å². The normalized spacial score (nSPS) is 11.9. The number of rotatable bonds is 5. The molecular formula is C19H21FN2O2. The summed E-state index contributed by atoms with van der Waals surface area (Å²) < 4.78 is 13.1. The van der Waals surface area contributed by atoms with E-state index in [-0.39, 0.29) is 29.6 Å². The Hall–Kier alpha value is -2.69. The third-order valence-electron chi connectivity index (χ3n) is 3.65. The van der Waals surface area contributed by atoms with Gasteiger partial charge in [-0.15, -0.1) is 0 Å². The van der Waals surface area contributed by atoms with E-state index in [2.05, 4.69) is 10.6 Å². The molecule has 2 N–H and O–H groups in total. The zero-order chi connectivity index (χ0) is 17.7. The van der Waals surface area contributed by atoms with Crippen LogP contribution in [0, 0.1) is 11.7 Å². The molecule has 0 bridgehead atoms. The van der Waals surface area contributed by atoms with Gasteiger partial charge in [-0.2, -0.15) is 0 Å². The van der Waals surface area contributed by atoms with Crippen LogP contribution in [0.15, 0.2) is 48.5 Å². The minimum Gasteiger partial charge on any atom is -0.345 e. The topological polar surface area (TPSA) is 58.2 Å². The van der Waals surface area contributed by atoms with Gasteiger partial charge in [0.05, 0.1) is 6.04 Å². The number of carbonyl (C=O) groups excluding carboxylic acids is 2. The molecule has 0 aliphatic heterocycles. The molecule has 2 aromatic carbocycles. The van der Waals surface area contributed by atoms with Gasteiger partial charge in [-0.3, -0.25) is 9.59 Å². The third kappa shape index (κ3) is 4.65. The first kappa shape index (κ1) is 17.7. The van der Waals surface area contributed by atoms with Gasteiger partial charge < -0.3 is 10.6 Å². The fraction of sp³-hybridized carbons (Fsp3) is 0.263. The van der Waals surface area contributed by atoms with Gasteiger partial charge in [0.2, 0.25) is 5.91 Å². The van der Waals surface area contributed by atoms with Crippen molar-refractivity contribution in [2.24, 2.45) is 5.92 Å². The van der Waals surface area contributed by atoms with E-state index in [1.165, 1.54) is 19.1 Å². The third-order valence-corrected chi connectivity index (χ3v) is 3.65. The second kappa shape index (κ2) is 7.73. The smallest absolute Gasteiger partial charge is 0.251 e. The zero-order valence-corrected chi connectivity index (χ0v) is 14.0. The van der Waals surface area contributed by atoms with E-state index in [1.807, 2.05) is 13.8 Å². The summed E-state index contributed by atoms with van der Waals surface area (Å²) in [4.78, 5) is 23.5. The number of hydrogen-bond donors (Lipinski definition) is 2. The molecular weight excluding hydrogens is 307 g/mol. The molecule has 0 saturated carbocycles. The SMILES string of the molecule is CC(=O)Nc1ccc(C(=O)N[C@H](c2ccc(F)cc2)C(C)C)cc1. The molecule has 0 radical (unpaired) electrons. The van der Waals surface area contributed by atoms with E-state index in [0.717, 1.165) is 5.56 Å². The first-order valence-electron chi connectivity index (χ1n) is 7.81. The number of anilines is 1. The van der Waals surface area contributed by atoms with Crippen molar-refractivity contribution in [1.29, 1.82) is 0 Å². The summed E-state index contributed by atoms with van der Waals surface area (Å²) >= 11 is 0. The molecule has 2 aromatic rings. The van der Waals surface area contributed by atoms with Crippen LogP contribution >= 0.6 is 0 Å². The van der Waals surface area contributed by atoms with Crippen LogP contribution in [0.1, 0.15) is 42.7 Å². The van der Waals surface area contributed by atoms with Gasteiger partial charge in [0, 0.05) is 18.2 Å². The van der Waals surface area contributed by atoms with Gasteiger partial charge in [0.1, 0.15) is 5.82 Å². The number of benzene rings is 2. The van der Waals surface area contributed by atoms with E-state index < -0.39 is 0 Å². The molecule has 2 amide bonds. The highest BCUT2D eigenvalue weighted by Gasteiger charge is 2.19. The van der Waals surface area contributed by atoms with Crippen LogP contribution in [-0.4, -0.2) is 11.8 Å². The minimum absolute atomic E-state index is 0.151. The molecule has 0 fully saturated rings. The summed E-state index contributed by atoms with van der Waals surface area (Å²) in [6, 6.07) is 12.6. The average Bonchev–Trinajstić information content (AvgIpc) is 2.53. The Morgan fingerprint density at radius 2 is 1.54 bits per heavy atom. The molecule has 0 heterocycles. The lowest BCUT2D eigenvalue weighted by molar-refractivity contribution is -0.114. The number of nitrogens with one attached hydrogen (secondary N) is 2. The number of halogens is 1. The lowest BCUT2D eigenvalue weighted by Crippen LogP contribution is -2.31. The van der Waals surface area contributed by atoms with E-state index >= 15 is 0 Å². The Morgan fingerprint density at radius 1 is 0.958 bits per heavy atom. The van der Waals surface area contributed by atoms with Crippen molar-refractivity contribution >= 4 is 17.5 Å². The highest BCUT2D eigenvalue weighted by molar-refractivity contribution is 5.95. The Bertz CT molecular complexity index is 709. The second-order valence-corrected chi connectivity index (χ2v) is 6.01. The Morgan fingerprint density at radius 3 is 2.04 bits per heavy atom. The maximum Gasteiger partial charge on any atom is 0.251 e. The Labute approximate surface area is 141 Å². The molecule has 1 atom stereocenters. The Balaban J connectivity index is 2.13. The molecule has 0 aliphatic carbocycles. The van der Waals surface area contributed by atoms with E-state index in [4.69, 9.17) is 0 Å². The summed E-state index contributed by atoms with van der Waals surface area (Å²) in [5, 5.41) is 5.63. The average molecular weight is 328 g/mol. The first-order chi connectivity index (χ1) is 11.4. The fourth-order valence-corrected chi connectivity index (χ4v) is 2.44. The molecule has 0 spiro atoms. The van der Waals surface area contributed by atoms with Crippen LogP contribution in [0.5, 0.6) is 0 Å². The standard InChI is InChI=1S/C19H21FN2O2/c1-12(2)18(14-4-8-16(20)9-5-14)22-19(24)15-6-10-17(11-7-15)21-13(3)23/h4-12,18H,1-3H3,(H,21,23)(H,22,24)/t18-/m0/s1. The summed E-state index contributed by atoms with van der Waals surface area (Å²) in [5.41, 5.74) is 1.99. The summed E-state index contributed by atoms with van der Waals surface area (Å²) in [6.45, 7) is 5.42. The molecule has 0 aliphatic rings. The van der Waals surface area contributed by atoms with Crippen LogP contribution in [0.2, 0.25) is 0 Å². The predicted octanol–water partition coefficient (Wildman–Crippen LogP) is 3.91. The highest BCUT2D eigenvalue weighted by atomic mass is 19.1. The van der Waals surface area contributed by atoms with Crippen LogP contribution in [0.3, 0.4) is 0 Å². The molecule has 2 rings (SSSR count). The van der Waals surface area contributed by atoms with Gasteiger partial charge in [0.25, 0.3) is 5.91 Å². The van der Waals surface area contributed by atoms with E-state index in [0.29, 0.717) is 11.3 Å². The largest absolute Gasteiger partial charge is 0.345 e. The van der Waals surface area contributed by atoms with Crippen molar-refractivity contribution in [1.82, 2.24) is 5.32 Å². The quantitative estimate of drug-likeness (QED) is 0.874. The maximum atomic E-state index is 13.1. The van der Waals surface area contributed by atoms with Gasteiger partial charge in [-0.1, -0.05) is 26.0 Å². The first-order valence-corrected chi connectivity index (χ1v) is 7.81. The molecule has 5 heteroatoms. The van der Waals surface area contributed by atoms with Gasteiger partial charge in [0.15, 0.2) is 0 Å². The van der Waals surface area contributed by atoms with Crippen molar-refractivity contribution in [2.45, 2.75) is 26.8 Å². The molecule has 0 saturated heterocycles. The summed E-state index contributed by atoms with van der Waals surface area (Å²) in [7, 11) is 0. The number of amides is 2. The van der Waals surface area contributed by atoms with Crippen molar-refractivity contribution < 1.29 is 14.0 Å². The van der Waals surface area contributed by atoms with Crippen LogP contribution < -0.4 is 10.6 Å². The molecule has 0 unspecified atom stereocenters. The molecule has 24 heavy (non-hydrogen) atoms. The molecule has 0 aromatic heterocycles. The van der Waals surface area contributed by atoms with E-state index in [1.54, 1.807) is 36.4 Å². The Kier molecular flexibility index (Phi) is 5.68. The van der Waals surface area contributed by atoms with Gasteiger partial charge in [-0.25, -0.2) is 4.39 Å². The number of hydrogen-bond acceptors (Lipinski definition) is 2. The predicted molar refractivity (Wildman–Crippen MR) is 92.2 cm³/mol. The van der Waals surface area contributed by atoms with Crippen LogP contribution in [-0.2, 0) is 4.79 Å². The minimum atomic E-state index is -0.304. The second-order valence-electron chi connectivity index (χ2n) is 6.01. The molecule has 126 valence electrons. The van der Waals surface area contributed by atoms with E-state index in [9.17, 15) is 14.0 Å².